The minimum Gasteiger partial charge on any atom is -0.493 e. The Morgan fingerprint density at radius 1 is 0.964 bits per heavy atom. The van der Waals surface area contributed by atoms with E-state index >= 15 is 0 Å². The Balaban J connectivity index is 2.51. The van der Waals surface area contributed by atoms with Gasteiger partial charge in [-0.15, -0.1) is 0 Å². The molecule has 0 fully saturated rings. The molecule has 11 heteroatoms. The summed E-state index contributed by atoms with van der Waals surface area (Å²) in [7, 11) is 0. The molecule has 1 aromatic heterocycles. The summed E-state index contributed by atoms with van der Waals surface area (Å²) in [6.07, 6.45) is 3.17. The van der Waals surface area contributed by atoms with E-state index in [1.165, 1.54) is 24.3 Å². The van der Waals surface area contributed by atoms with E-state index in [-0.39, 0.29) is 16.8 Å². The van der Waals surface area contributed by atoms with Gasteiger partial charge < -0.3 is 26.8 Å². The SMILES string of the molecule is NC(=O)C(=C/C=C/c1c(C(=O)O)nn(-c2ccc(C(=O)O)cc2)c1O)C(N)=O. The average molecular weight is 386 g/mol. The van der Waals surface area contributed by atoms with Crippen LogP contribution in [0.2, 0.25) is 0 Å². The number of nitrogens with two attached hydrogens (primary N) is 2. The number of carboxylic acids is 2. The molecule has 0 aliphatic rings. The second-order valence-electron chi connectivity index (χ2n) is 5.32. The molecule has 7 N–H and O–H groups in total. The third kappa shape index (κ3) is 4.04. The second-order valence-corrected chi connectivity index (χ2v) is 5.32. The summed E-state index contributed by atoms with van der Waals surface area (Å²) in [5, 5.41) is 32.3. The van der Waals surface area contributed by atoms with Gasteiger partial charge in [0.25, 0.3) is 11.8 Å². The van der Waals surface area contributed by atoms with Gasteiger partial charge in [0.15, 0.2) is 5.69 Å². The Morgan fingerprint density at radius 3 is 2.00 bits per heavy atom. The van der Waals surface area contributed by atoms with Gasteiger partial charge >= 0.3 is 11.9 Å². The Hall–Kier alpha value is -4.41. The van der Waals surface area contributed by atoms with Crippen LogP contribution in [0.3, 0.4) is 0 Å². The largest absolute Gasteiger partial charge is 0.493 e. The number of rotatable bonds is 7. The van der Waals surface area contributed by atoms with Gasteiger partial charge in [0.2, 0.25) is 5.88 Å². The first kappa shape index (κ1) is 19.9. The molecule has 2 rings (SSSR count). The number of carboxylic acid groups (broad SMARTS) is 2. The number of carbonyl (C=O) groups excluding carboxylic acids is 2. The molecule has 1 heterocycles. The van der Waals surface area contributed by atoms with Crippen molar-refractivity contribution >= 4 is 29.8 Å². The molecule has 0 atom stereocenters. The molecule has 0 bridgehead atoms. The van der Waals surface area contributed by atoms with E-state index in [4.69, 9.17) is 16.6 Å². The van der Waals surface area contributed by atoms with Gasteiger partial charge in [-0.1, -0.05) is 6.08 Å². The zero-order valence-electron chi connectivity index (χ0n) is 14.1. The fourth-order valence-corrected chi connectivity index (χ4v) is 2.18. The van der Waals surface area contributed by atoms with Crippen LogP contribution in [0, 0.1) is 0 Å². The molecule has 0 aliphatic carbocycles. The lowest BCUT2D eigenvalue weighted by atomic mass is 10.1. The summed E-state index contributed by atoms with van der Waals surface area (Å²) >= 11 is 0. The smallest absolute Gasteiger partial charge is 0.357 e. The van der Waals surface area contributed by atoms with Gasteiger partial charge in [-0.25, -0.2) is 9.59 Å². The highest BCUT2D eigenvalue weighted by Gasteiger charge is 2.21. The van der Waals surface area contributed by atoms with Gasteiger partial charge in [-0.2, -0.15) is 9.78 Å². The zero-order chi connectivity index (χ0) is 21.0. The molecule has 0 spiro atoms. The van der Waals surface area contributed by atoms with Crippen molar-refractivity contribution in [3.63, 3.8) is 0 Å². The van der Waals surface area contributed by atoms with E-state index in [9.17, 15) is 29.4 Å². The van der Waals surface area contributed by atoms with Crippen LogP contribution in [-0.4, -0.2) is 48.9 Å². The molecule has 0 saturated carbocycles. The highest BCUT2D eigenvalue weighted by molar-refractivity contribution is 6.17. The lowest BCUT2D eigenvalue weighted by Gasteiger charge is -2.03. The number of amides is 2. The summed E-state index contributed by atoms with van der Waals surface area (Å²) < 4.78 is 0.890. The first-order valence-corrected chi connectivity index (χ1v) is 7.50. The van der Waals surface area contributed by atoms with E-state index < -0.39 is 40.9 Å². The Bertz CT molecular complexity index is 1020. The van der Waals surface area contributed by atoms with Crippen molar-refractivity contribution in [2.75, 3.05) is 0 Å². The maximum atomic E-state index is 11.4. The number of hydrogen-bond donors (Lipinski definition) is 5. The normalized spacial score (nSPS) is 10.6. The number of allylic oxidation sites excluding steroid dienone is 2. The topological polar surface area (TPSA) is 199 Å². The lowest BCUT2D eigenvalue weighted by molar-refractivity contribution is -0.120. The molecule has 0 radical (unpaired) electrons. The molecule has 0 aliphatic heterocycles. The van der Waals surface area contributed by atoms with Gasteiger partial charge in [0.1, 0.15) is 5.57 Å². The summed E-state index contributed by atoms with van der Waals surface area (Å²) in [5.74, 6) is -5.32. The van der Waals surface area contributed by atoms with E-state index in [2.05, 4.69) is 5.10 Å². The van der Waals surface area contributed by atoms with Crippen molar-refractivity contribution in [1.29, 1.82) is 0 Å². The van der Waals surface area contributed by atoms with Crippen molar-refractivity contribution < 1.29 is 34.5 Å². The molecule has 1 aromatic carbocycles. The number of hydrogen-bond acceptors (Lipinski definition) is 6. The van der Waals surface area contributed by atoms with Crippen LogP contribution in [0.25, 0.3) is 11.8 Å². The quantitative estimate of drug-likeness (QED) is 0.188. The Morgan fingerprint density at radius 2 is 1.54 bits per heavy atom. The van der Waals surface area contributed by atoms with Crippen LogP contribution >= 0.6 is 0 Å². The van der Waals surface area contributed by atoms with E-state index in [0.29, 0.717) is 0 Å². The summed E-state index contributed by atoms with van der Waals surface area (Å²) in [5.41, 5.74) is 8.91. The molecular formula is C17H14N4O7. The monoisotopic (exact) mass is 386 g/mol. The first-order valence-electron chi connectivity index (χ1n) is 7.50. The molecule has 2 aromatic rings. The van der Waals surface area contributed by atoms with Crippen LogP contribution in [-0.2, 0) is 9.59 Å². The van der Waals surface area contributed by atoms with Gasteiger partial charge in [-0.05, 0) is 36.4 Å². The highest BCUT2D eigenvalue weighted by Crippen LogP contribution is 2.26. The van der Waals surface area contributed by atoms with Crippen molar-refractivity contribution in [2.24, 2.45) is 11.5 Å². The van der Waals surface area contributed by atoms with Crippen LogP contribution < -0.4 is 11.5 Å². The molecule has 0 unspecified atom stereocenters. The van der Waals surface area contributed by atoms with E-state index in [0.717, 1.165) is 22.9 Å². The molecule has 144 valence electrons. The van der Waals surface area contributed by atoms with Crippen LogP contribution in [0.1, 0.15) is 26.4 Å². The predicted molar refractivity (Wildman–Crippen MR) is 94.7 cm³/mol. The van der Waals surface area contributed by atoms with E-state index in [1.54, 1.807) is 0 Å². The summed E-state index contributed by atoms with van der Waals surface area (Å²) in [4.78, 5) is 44.5. The zero-order valence-corrected chi connectivity index (χ0v) is 14.1. The van der Waals surface area contributed by atoms with Crippen LogP contribution in [0.15, 0.2) is 42.0 Å². The third-order valence-electron chi connectivity index (χ3n) is 3.51. The third-order valence-corrected chi connectivity index (χ3v) is 3.51. The van der Waals surface area contributed by atoms with Crippen molar-refractivity contribution in [2.45, 2.75) is 0 Å². The predicted octanol–water partition coefficient (Wildman–Crippen LogP) is -0.116. The van der Waals surface area contributed by atoms with Crippen LogP contribution in [0.4, 0.5) is 0 Å². The number of benzene rings is 1. The minimum atomic E-state index is -1.45. The van der Waals surface area contributed by atoms with Gasteiger partial charge in [0, 0.05) is 0 Å². The van der Waals surface area contributed by atoms with Crippen molar-refractivity contribution in [3.8, 4) is 11.6 Å². The molecule has 2 amide bonds. The number of aromatic carboxylic acids is 2. The minimum absolute atomic E-state index is 0.00968. The number of aromatic hydroxyl groups is 1. The highest BCUT2D eigenvalue weighted by atomic mass is 16.4. The second kappa shape index (κ2) is 7.86. The molecular weight excluding hydrogens is 372 g/mol. The molecule has 11 nitrogen and oxygen atoms in total. The average Bonchev–Trinajstić information content (AvgIpc) is 2.95. The lowest BCUT2D eigenvalue weighted by Crippen LogP contribution is -2.25. The Labute approximate surface area is 156 Å². The maximum absolute atomic E-state index is 11.4. The fourth-order valence-electron chi connectivity index (χ4n) is 2.18. The number of carbonyl (C=O) groups is 4. The van der Waals surface area contributed by atoms with Gasteiger partial charge in [-0.3, -0.25) is 9.59 Å². The molecule has 0 saturated heterocycles. The van der Waals surface area contributed by atoms with Crippen molar-refractivity contribution in [3.05, 3.63) is 58.8 Å². The number of nitrogens with zero attached hydrogens (tertiary/aromatic N) is 2. The number of primary amides is 2. The van der Waals surface area contributed by atoms with Crippen molar-refractivity contribution in [1.82, 2.24) is 9.78 Å². The first-order chi connectivity index (χ1) is 13.1. The Kier molecular flexibility index (Phi) is 5.59. The number of aromatic nitrogens is 2. The maximum Gasteiger partial charge on any atom is 0.357 e. The van der Waals surface area contributed by atoms with E-state index in [1.807, 2.05) is 0 Å². The standard InChI is InChI=1S/C17H14N4O7/c18-13(22)11(14(19)23)3-1-2-10-12(17(27)28)20-21(15(10)24)9-6-4-8(5-7-9)16(25)26/h1-7,24H,(H2,18,22)(H2,19,23)(H,25,26)(H,27,28)/b2-1+. The van der Waals surface area contributed by atoms with Gasteiger partial charge in [0.05, 0.1) is 16.8 Å². The summed E-state index contributed by atoms with van der Waals surface area (Å²) in [6, 6.07) is 5.16. The molecule has 28 heavy (non-hydrogen) atoms. The fraction of sp³-hybridized carbons (Fsp3) is 0. The van der Waals surface area contributed by atoms with Crippen LogP contribution in [0.5, 0.6) is 5.88 Å². The summed E-state index contributed by atoms with van der Waals surface area (Å²) in [6.45, 7) is 0.